The SMILES string of the molecule is O=c1c2c3c(sc2nc(SCc2ccc([N+](=O)[O-])cc2)n1-c1ccc(Cl)cc1)CCCC3. The van der Waals surface area contributed by atoms with Crippen molar-refractivity contribution in [3.63, 3.8) is 0 Å². The largest absolute Gasteiger partial charge is 0.269 e. The van der Waals surface area contributed by atoms with Gasteiger partial charge in [-0.2, -0.15) is 0 Å². The molecule has 0 bridgehead atoms. The van der Waals surface area contributed by atoms with Gasteiger partial charge in [0, 0.05) is 27.8 Å². The van der Waals surface area contributed by atoms with E-state index in [-0.39, 0.29) is 11.2 Å². The molecule has 0 fully saturated rings. The molecule has 9 heteroatoms. The lowest BCUT2D eigenvalue weighted by Crippen LogP contribution is -2.22. The van der Waals surface area contributed by atoms with E-state index >= 15 is 0 Å². The Morgan fingerprint density at radius 2 is 1.81 bits per heavy atom. The minimum absolute atomic E-state index is 0.0529. The Morgan fingerprint density at radius 1 is 1.09 bits per heavy atom. The van der Waals surface area contributed by atoms with E-state index in [1.807, 2.05) is 12.1 Å². The standard InChI is InChI=1S/C23H18ClN3O3S2/c24-15-7-11-16(12-8-15)26-22(28)20-18-3-1-2-4-19(18)32-21(20)25-23(26)31-13-14-5-9-17(10-6-14)27(29)30/h5-12H,1-4,13H2. The van der Waals surface area contributed by atoms with E-state index in [0.717, 1.165) is 52.7 Å². The van der Waals surface area contributed by atoms with Crippen molar-refractivity contribution in [1.82, 2.24) is 9.55 Å². The number of nitro benzene ring substituents is 1. The monoisotopic (exact) mass is 483 g/mol. The molecule has 0 saturated heterocycles. The highest BCUT2D eigenvalue weighted by Gasteiger charge is 2.23. The van der Waals surface area contributed by atoms with Gasteiger partial charge >= 0.3 is 0 Å². The normalized spacial score (nSPS) is 13.3. The van der Waals surface area contributed by atoms with Crippen LogP contribution in [0.3, 0.4) is 0 Å². The third kappa shape index (κ3) is 3.94. The zero-order chi connectivity index (χ0) is 22.2. The van der Waals surface area contributed by atoms with Gasteiger partial charge in [0.1, 0.15) is 4.83 Å². The number of hydrogen-bond acceptors (Lipinski definition) is 6. The van der Waals surface area contributed by atoms with Gasteiger partial charge < -0.3 is 0 Å². The molecular formula is C23H18ClN3O3S2. The van der Waals surface area contributed by atoms with Crippen LogP contribution in [-0.2, 0) is 18.6 Å². The van der Waals surface area contributed by atoms with Gasteiger partial charge in [0.25, 0.3) is 11.2 Å². The number of benzene rings is 2. The second-order valence-corrected chi connectivity index (χ2v) is 10.1. The van der Waals surface area contributed by atoms with Crippen LogP contribution < -0.4 is 5.56 Å². The maximum absolute atomic E-state index is 13.7. The molecule has 0 amide bonds. The highest BCUT2D eigenvalue weighted by Crippen LogP contribution is 2.35. The number of nitrogens with zero attached hydrogens (tertiary/aromatic N) is 3. The Balaban J connectivity index is 1.60. The summed E-state index contributed by atoms with van der Waals surface area (Å²) in [6.07, 6.45) is 4.16. The Labute approximate surface area is 197 Å². The quantitative estimate of drug-likeness (QED) is 0.146. The molecule has 0 atom stereocenters. The third-order valence-electron chi connectivity index (χ3n) is 5.56. The predicted octanol–water partition coefficient (Wildman–Crippen LogP) is 6.18. The number of aryl methyl sites for hydroxylation is 2. The van der Waals surface area contributed by atoms with Gasteiger partial charge in [-0.1, -0.05) is 35.5 Å². The molecule has 5 rings (SSSR count). The fraction of sp³-hybridized carbons (Fsp3) is 0.217. The molecule has 4 aromatic rings. The van der Waals surface area contributed by atoms with Crippen molar-refractivity contribution in [2.75, 3.05) is 0 Å². The van der Waals surface area contributed by atoms with E-state index in [1.165, 1.54) is 28.8 Å². The summed E-state index contributed by atoms with van der Waals surface area (Å²) in [5, 5.41) is 12.8. The van der Waals surface area contributed by atoms with Crippen molar-refractivity contribution in [3.8, 4) is 5.69 Å². The molecule has 32 heavy (non-hydrogen) atoms. The molecule has 0 N–H and O–H groups in total. The summed E-state index contributed by atoms with van der Waals surface area (Å²) in [6, 6.07) is 13.6. The van der Waals surface area contributed by atoms with Gasteiger partial charge in [-0.3, -0.25) is 19.5 Å². The van der Waals surface area contributed by atoms with Gasteiger partial charge in [-0.25, -0.2) is 4.98 Å². The highest BCUT2D eigenvalue weighted by molar-refractivity contribution is 7.98. The van der Waals surface area contributed by atoms with Gasteiger partial charge in [0.15, 0.2) is 5.16 Å². The Morgan fingerprint density at radius 3 is 2.53 bits per heavy atom. The van der Waals surface area contributed by atoms with Crippen LogP contribution >= 0.6 is 34.7 Å². The lowest BCUT2D eigenvalue weighted by Gasteiger charge is -2.14. The Bertz CT molecular complexity index is 1380. The summed E-state index contributed by atoms with van der Waals surface area (Å²) in [7, 11) is 0. The molecule has 6 nitrogen and oxygen atoms in total. The van der Waals surface area contributed by atoms with Crippen LogP contribution in [0.1, 0.15) is 28.8 Å². The molecule has 0 spiro atoms. The number of rotatable bonds is 5. The summed E-state index contributed by atoms with van der Waals surface area (Å²) in [4.78, 5) is 31.2. The smallest absolute Gasteiger partial charge is 0.268 e. The number of halogens is 1. The van der Waals surface area contributed by atoms with Crippen LogP contribution in [0.5, 0.6) is 0 Å². The molecule has 0 unspecified atom stereocenters. The second kappa shape index (κ2) is 8.69. The van der Waals surface area contributed by atoms with Crippen LogP contribution in [0.15, 0.2) is 58.5 Å². The first kappa shape index (κ1) is 21.2. The van der Waals surface area contributed by atoms with Gasteiger partial charge in [0.05, 0.1) is 16.0 Å². The Kier molecular flexibility index (Phi) is 5.75. The molecule has 2 aromatic carbocycles. The molecule has 1 aliphatic carbocycles. The van der Waals surface area contributed by atoms with Crippen molar-refractivity contribution in [2.24, 2.45) is 0 Å². The second-order valence-electron chi connectivity index (χ2n) is 7.61. The van der Waals surface area contributed by atoms with Gasteiger partial charge in [0.2, 0.25) is 0 Å². The van der Waals surface area contributed by atoms with Crippen LogP contribution in [-0.4, -0.2) is 14.5 Å². The van der Waals surface area contributed by atoms with Gasteiger partial charge in [-0.05, 0) is 61.1 Å². The number of aromatic nitrogens is 2. The maximum Gasteiger partial charge on any atom is 0.269 e. The fourth-order valence-corrected chi connectivity index (χ4v) is 6.36. The summed E-state index contributed by atoms with van der Waals surface area (Å²) in [5.41, 5.74) is 2.80. The number of hydrogen-bond donors (Lipinski definition) is 0. The van der Waals surface area contributed by atoms with Crippen molar-refractivity contribution in [1.29, 1.82) is 0 Å². The van der Waals surface area contributed by atoms with Crippen molar-refractivity contribution < 1.29 is 4.92 Å². The average Bonchev–Trinajstić information content (AvgIpc) is 3.17. The van der Waals surface area contributed by atoms with Crippen LogP contribution in [0.4, 0.5) is 5.69 Å². The minimum atomic E-state index is -0.414. The number of thioether (sulfide) groups is 1. The first-order valence-electron chi connectivity index (χ1n) is 10.2. The van der Waals surface area contributed by atoms with Crippen molar-refractivity contribution in [3.05, 3.63) is 90.0 Å². The summed E-state index contributed by atoms with van der Waals surface area (Å²) in [5.74, 6) is 0.536. The summed E-state index contributed by atoms with van der Waals surface area (Å²) < 4.78 is 1.66. The first-order chi connectivity index (χ1) is 15.5. The molecule has 2 heterocycles. The molecule has 0 aliphatic heterocycles. The molecule has 0 radical (unpaired) electrons. The maximum atomic E-state index is 13.7. The Hall–Kier alpha value is -2.68. The number of non-ortho nitro benzene ring substituents is 1. The summed E-state index contributed by atoms with van der Waals surface area (Å²) in [6.45, 7) is 0. The van der Waals surface area contributed by atoms with E-state index in [9.17, 15) is 14.9 Å². The van der Waals surface area contributed by atoms with E-state index in [4.69, 9.17) is 16.6 Å². The van der Waals surface area contributed by atoms with E-state index in [0.29, 0.717) is 15.9 Å². The number of fused-ring (bicyclic) bond motifs is 3. The lowest BCUT2D eigenvalue weighted by atomic mass is 9.97. The minimum Gasteiger partial charge on any atom is -0.268 e. The third-order valence-corrected chi connectivity index (χ3v) is 8.01. The van der Waals surface area contributed by atoms with E-state index < -0.39 is 4.92 Å². The van der Waals surface area contributed by atoms with E-state index in [1.54, 1.807) is 40.2 Å². The molecule has 1 aliphatic rings. The zero-order valence-corrected chi connectivity index (χ0v) is 19.3. The summed E-state index contributed by atoms with van der Waals surface area (Å²) >= 11 is 9.14. The molecule has 2 aromatic heterocycles. The topological polar surface area (TPSA) is 78.0 Å². The van der Waals surface area contributed by atoms with Gasteiger partial charge in [-0.15, -0.1) is 11.3 Å². The predicted molar refractivity (Wildman–Crippen MR) is 130 cm³/mol. The van der Waals surface area contributed by atoms with Crippen LogP contribution in [0, 0.1) is 10.1 Å². The fourth-order valence-electron chi connectivity index (χ4n) is 3.96. The van der Waals surface area contributed by atoms with Crippen molar-refractivity contribution >= 4 is 50.6 Å². The molecule has 0 saturated carbocycles. The van der Waals surface area contributed by atoms with Crippen LogP contribution in [0.2, 0.25) is 5.02 Å². The van der Waals surface area contributed by atoms with E-state index in [2.05, 4.69) is 0 Å². The lowest BCUT2D eigenvalue weighted by molar-refractivity contribution is -0.384. The first-order valence-corrected chi connectivity index (χ1v) is 12.4. The zero-order valence-electron chi connectivity index (χ0n) is 16.9. The number of nitro groups is 1. The molecular weight excluding hydrogens is 466 g/mol. The molecule has 162 valence electrons. The van der Waals surface area contributed by atoms with Crippen LogP contribution in [0.25, 0.3) is 15.9 Å². The van der Waals surface area contributed by atoms with Crippen molar-refractivity contribution in [2.45, 2.75) is 36.6 Å². The highest BCUT2D eigenvalue weighted by atomic mass is 35.5. The average molecular weight is 484 g/mol. The number of thiophene rings is 1.